The van der Waals surface area contributed by atoms with Crippen molar-refractivity contribution >= 4 is 9.84 Å². The largest absolute Gasteiger partial charge is 0.317 e. The molecule has 90 valence electrons. The van der Waals surface area contributed by atoms with E-state index in [1.54, 1.807) is 6.92 Å². The molecule has 0 amide bonds. The molecule has 1 N–H and O–H groups in total. The first-order chi connectivity index (χ1) is 6.97. The van der Waals surface area contributed by atoms with Crippen LogP contribution < -0.4 is 5.32 Å². The standard InChI is InChI=1S/C10H20FNO2S/c1-2-15(13,14)9-6-10(11)4-3-7-12-8-5-10/h12H,2-9H2,1H3. The van der Waals surface area contributed by atoms with Crippen LogP contribution in [0.2, 0.25) is 0 Å². The van der Waals surface area contributed by atoms with E-state index in [2.05, 4.69) is 5.32 Å². The van der Waals surface area contributed by atoms with Gasteiger partial charge in [0.05, 0.1) is 5.75 Å². The van der Waals surface area contributed by atoms with Crippen LogP contribution in [0.5, 0.6) is 0 Å². The lowest BCUT2D eigenvalue weighted by Gasteiger charge is -2.22. The molecule has 15 heavy (non-hydrogen) atoms. The van der Waals surface area contributed by atoms with Crippen molar-refractivity contribution in [2.24, 2.45) is 0 Å². The van der Waals surface area contributed by atoms with Crippen LogP contribution in [0.1, 0.15) is 32.6 Å². The Kier molecular flexibility index (Phi) is 4.52. The molecule has 1 fully saturated rings. The second-order valence-electron chi connectivity index (χ2n) is 4.24. The molecule has 1 unspecified atom stereocenters. The zero-order chi connectivity index (χ0) is 11.4. The molecule has 0 spiro atoms. The number of halogens is 1. The molecule has 5 heteroatoms. The summed E-state index contributed by atoms with van der Waals surface area (Å²) in [5.41, 5.74) is -1.27. The van der Waals surface area contributed by atoms with Gasteiger partial charge in [0, 0.05) is 5.75 Å². The number of nitrogens with one attached hydrogen (secondary N) is 1. The molecule has 1 aliphatic rings. The lowest BCUT2D eigenvalue weighted by molar-refractivity contribution is 0.140. The van der Waals surface area contributed by atoms with Gasteiger partial charge in [-0.3, -0.25) is 0 Å². The SMILES string of the molecule is CCS(=O)(=O)CCC1(F)CCCNCC1. The number of alkyl halides is 1. The number of hydrogen-bond donors (Lipinski definition) is 1. The zero-order valence-electron chi connectivity index (χ0n) is 9.26. The van der Waals surface area contributed by atoms with Gasteiger partial charge in [0.15, 0.2) is 0 Å². The van der Waals surface area contributed by atoms with E-state index in [-0.39, 0.29) is 17.9 Å². The summed E-state index contributed by atoms with van der Waals surface area (Å²) >= 11 is 0. The fourth-order valence-electron chi connectivity index (χ4n) is 1.83. The van der Waals surface area contributed by atoms with Gasteiger partial charge in [-0.2, -0.15) is 0 Å². The van der Waals surface area contributed by atoms with E-state index in [4.69, 9.17) is 0 Å². The summed E-state index contributed by atoms with van der Waals surface area (Å²) in [6, 6.07) is 0. The molecule has 1 atom stereocenters. The Morgan fingerprint density at radius 2 is 2.07 bits per heavy atom. The van der Waals surface area contributed by atoms with Crippen molar-refractivity contribution in [1.82, 2.24) is 5.32 Å². The van der Waals surface area contributed by atoms with Crippen molar-refractivity contribution in [2.45, 2.75) is 38.3 Å². The summed E-state index contributed by atoms with van der Waals surface area (Å²) < 4.78 is 36.8. The third-order valence-corrected chi connectivity index (χ3v) is 4.73. The van der Waals surface area contributed by atoms with Crippen LogP contribution >= 0.6 is 0 Å². The van der Waals surface area contributed by atoms with Crippen LogP contribution in [0, 0.1) is 0 Å². The maximum absolute atomic E-state index is 14.2. The highest BCUT2D eigenvalue weighted by Gasteiger charge is 2.31. The minimum atomic E-state index is -3.03. The average molecular weight is 237 g/mol. The summed E-state index contributed by atoms with van der Waals surface area (Å²) in [4.78, 5) is 0. The van der Waals surface area contributed by atoms with Gasteiger partial charge in [-0.25, -0.2) is 12.8 Å². The Hall–Kier alpha value is -0.160. The molecule has 1 aliphatic heterocycles. The Morgan fingerprint density at radius 1 is 1.33 bits per heavy atom. The van der Waals surface area contributed by atoms with E-state index in [9.17, 15) is 12.8 Å². The summed E-state index contributed by atoms with van der Waals surface area (Å²) in [7, 11) is -3.03. The van der Waals surface area contributed by atoms with Crippen molar-refractivity contribution in [3.8, 4) is 0 Å². The Bertz CT molecular complexity index is 282. The monoisotopic (exact) mass is 237 g/mol. The highest BCUT2D eigenvalue weighted by atomic mass is 32.2. The summed E-state index contributed by atoms with van der Waals surface area (Å²) in [5.74, 6) is 0.0985. The molecule has 3 nitrogen and oxygen atoms in total. The second-order valence-corrected chi connectivity index (χ2v) is 6.71. The van der Waals surface area contributed by atoms with Gasteiger partial charge in [0.2, 0.25) is 0 Å². The molecule has 0 saturated carbocycles. The second kappa shape index (κ2) is 5.25. The predicted octanol–water partition coefficient (Wildman–Crippen LogP) is 1.29. The van der Waals surface area contributed by atoms with Crippen LogP contribution in [0.4, 0.5) is 4.39 Å². The maximum atomic E-state index is 14.2. The molecular formula is C10H20FNO2S. The molecule has 1 rings (SSSR count). The fourth-order valence-corrected chi connectivity index (χ4v) is 2.79. The summed E-state index contributed by atoms with van der Waals surface area (Å²) in [6.07, 6.45) is 1.87. The van der Waals surface area contributed by atoms with Crippen LogP contribution in [0.25, 0.3) is 0 Å². The molecule has 0 radical (unpaired) electrons. The van der Waals surface area contributed by atoms with Gasteiger partial charge in [-0.1, -0.05) is 6.92 Å². The molecule has 0 aromatic rings. The fraction of sp³-hybridized carbons (Fsp3) is 1.00. The molecule has 0 bridgehead atoms. The van der Waals surface area contributed by atoms with Crippen LogP contribution in [0.15, 0.2) is 0 Å². The van der Waals surface area contributed by atoms with Gasteiger partial charge < -0.3 is 5.32 Å². The van der Waals surface area contributed by atoms with E-state index in [1.165, 1.54) is 0 Å². The lowest BCUT2D eigenvalue weighted by Crippen LogP contribution is -2.28. The highest BCUT2D eigenvalue weighted by Crippen LogP contribution is 2.28. The minimum Gasteiger partial charge on any atom is -0.317 e. The van der Waals surface area contributed by atoms with Gasteiger partial charge in [0.25, 0.3) is 0 Å². The molecule has 0 aromatic heterocycles. The quantitative estimate of drug-likeness (QED) is 0.801. The van der Waals surface area contributed by atoms with Crippen molar-refractivity contribution in [3.05, 3.63) is 0 Å². The van der Waals surface area contributed by atoms with E-state index >= 15 is 0 Å². The molecule has 0 aromatic carbocycles. The maximum Gasteiger partial charge on any atom is 0.150 e. The van der Waals surface area contributed by atoms with Crippen molar-refractivity contribution in [3.63, 3.8) is 0 Å². The summed E-state index contributed by atoms with van der Waals surface area (Å²) in [6.45, 7) is 3.10. The molecule has 1 heterocycles. The van der Waals surface area contributed by atoms with Crippen molar-refractivity contribution in [2.75, 3.05) is 24.6 Å². The molecular weight excluding hydrogens is 217 g/mol. The topological polar surface area (TPSA) is 46.2 Å². The van der Waals surface area contributed by atoms with Gasteiger partial charge >= 0.3 is 0 Å². The normalized spacial score (nSPS) is 28.7. The van der Waals surface area contributed by atoms with E-state index in [0.717, 1.165) is 13.0 Å². The summed E-state index contributed by atoms with van der Waals surface area (Å²) in [5, 5.41) is 3.12. The number of hydrogen-bond acceptors (Lipinski definition) is 3. The molecule has 0 aliphatic carbocycles. The van der Waals surface area contributed by atoms with Gasteiger partial charge in [0.1, 0.15) is 15.5 Å². The van der Waals surface area contributed by atoms with E-state index < -0.39 is 15.5 Å². The third kappa shape index (κ3) is 4.47. The van der Waals surface area contributed by atoms with Crippen LogP contribution in [0.3, 0.4) is 0 Å². The zero-order valence-corrected chi connectivity index (χ0v) is 10.1. The van der Waals surface area contributed by atoms with E-state index in [0.29, 0.717) is 19.4 Å². The Morgan fingerprint density at radius 3 is 2.73 bits per heavy atom. The number of sulfone groups is 1. The lowest BCUT2D eigenvalue weighted by atomic mass is 9.94. The van der Waals surface area contributed by atoms with Crippen LogP contribution in [-0.2, 0) is 9.84 Å². The number of rotatable bonds is 4. The first-order valence-electron chi connectivity index (χ1n) is 5.57. The third-order valence-electron chi connectivity index (χ3n) is 3.03. The minimum absolute atomic E-state index is 0.0139. The van der Waals surface area contributed by atoms with Crippen molar-refractivity contribution < 1.29 is 12.8 Å². The molecule has 1 saturated heterocycles. The first-order valence-corrected chi connectivity index (χ1v) is 7.40. The smallest absolute Gasteiger partial charge is 0.150 e. The predicted molar refractivity (Wildman–Crippen MR) is 59.5 cm³/mol. The Labute approximate surface area is 91.4 Å². The Balaban J connectivity index is 2.48. The first kappa shape index (κ1) is 12.9. The van der Waals surface area contributed by atoms with Crippen molar-refractivity contribution in [1.29, 1.82) is 0 Å². The van der Waals surface area contributed by atoms with E-state index in [1.807, 2.05) is 0 Å². The highest BCUT2D eigenvalue weighted by molar-refractivity contribution is 7.91. The average Bonchev–Trinajstić information content (AvgIpc) is 2.42. The van der Waals surface area contributed by atoms with Gasteiger partial charge in [-0.15, -0.1) is 0 Å². The van der Waals surface area contributed by atoms with Crippen LogP contribution in [-0.4, -0.2) is 38.7 Å². The van der Waals surface area contributed by atoms with Gasteiger partial charge in [-0.05, 0) is 38.8 Å².